The van der Waals surface area contributed by atoms with E-state index < -0.39 is 0 Å². The van der Waals surface area contributed by atoms with E-state index in [4.69, 9.17) is 0 Å². The molecule has 0 bridgehead atoms. The molecule has 2 N–H and O–H groups in total. The number of aromatic nitrogens is 1. The predicted molar refractivity (Wildman–Crippen MR) is 90.6 cm³/mol. The lowest BCUT2D eigenvalue weighted by Gasteiger charge is -2.35. The lowest BCUT2D eigenvalue weighted by molar-refractivity contribution is 0.0667. The number of likely N-dealkylation sites (N-methyl/N-ethyl adjacent to an activating group) is 1. The highest BCUT2D eigenvalue weighted by atomic mass is 19.1. The highest BCUT2D eigenvalue weighted by molar-refractivity contribution is 6.01. The number of benzene rings is 1. The van der Waals surface area contributed by atoms with E-state index in [1.54, 1.807) is 47.4 Å². The zero-order valence-electron chi connectivity index (χ0n) is 13.8. The summed E-state index contributed by atoms with van der Waals surface area (Å²) in [7, 11) is 1.78. The van der Waals surface area contributed by atoms with E-state index in [2.05, 4.69) is 10.3 Å². The van der Waals surface area contributed by atoms with Crippen LogP contribution >= 0.6 is 0 Å². The van der Waals surface area contributed by atoms with Gasteiger partial charge in [-0.25, -0.2) is 9.18 Å². The summed E-state index contributed by atoms with van der Waals surface area (Å²) in [5.74, 6) is -0.513. The van der Waals surface area contributed by atoms with Gasteiger partial charge in [-0.05, 0) is 12.5 Å². The Morgan fingerprint density at radius 2 is 2.04 bits per heavy atom. The van der Waals surface area contributed by atoms with Crippen LogP contribution in [0.15, 0.2) is 36.7 Å². The molecule has 3 heterocycles. The van der Waals surface area contributed by atoms with E-state index in [0.717, 1.165) is 6.42 Å². The van der Waals surface area contributed by atoms with Crippen LogP contribution in [0.25, 0.3) is 11.1 Å². The number of amides is 3. The number of urea groups is 1. The third kappa shape index (κ3) is 2.56. The Morgan fingerprint density at radius 3 is 2.84 bits per heavy atom. The van der Waals surface area contributed by atoms with Gasteiger partial charge in [0.25, 0.3) is 5.91 Å². The first-order valence-corrected chi connectivity index (χ1v) is 8.30. The molecule has 2 aliphatic heterocycles. The number of H-pyrrole nitrogens is 1. The molecule has 2 atom stereocenters. The number of aromatic amines is 1. The fraction of sp³-hybridized carbons (Fsp3) is 0.333. The van der Waals surface area contributed by atoms with Crippen LogP contribution in [0.5, 0.6) is 0 Å². The first-order chi connectivity index (χ1) is 12.1. The van der Waals surface area contributed by atoms with Crippen LogP contribution < -0.4 is 5.32 Å². The number of fused-ring (bicyclic) bond motifs is 1. The van der Waals surface area contributed by atoms with E-state index in [0.29, 0.717) is 29.8 Å². The molecule has 0 aliphatic carbocycles. The number of likely N-dealkylation sites (tertiary alicyclic amines) is 1. The van der Waals surface area contributed by atoms with Crippen LogP contribution in [-0.2, 0) is 0 Å². The van der Waals surface area contributed by atoms with Gasteiger partial charge < -0.3 is 20.1 Å². The maximum absolute atomic E-state index is 14.1. The number of carbonyl (C=O) groups is 2. The summed E-state index contributed by atoms with van der Waals surface area (Å²) >= 11 is 0. The van der Waals surface area contributed by atoms with Gasteiger partial charge in [-0.2, -0.15) is 0 Å². The molecule has 0 saturated carbocycles. The van der Waals surface area contributed by atoms with Crippen molar-refractivity contribution in [3.63, 3.8) is 0 Å². The lowest BCUT2D eigenvalue weighted by Crippen LogP contribution is -2.52. The molecule has 2 aromatic rings. The topological polar surface area (TPSA) is 68.4 Å². The summed E-state index contributed by atoms with van der Waals surface area (Å²) in [6.45, 7) is 1.03. The van der Waals surface area contributed by atoms with E-state index >= 15 is 0 Å². The SMILES string of the molecule is CN1C(=O)N[C@@H]2CN(C(=O)c3c[nH]cc3-c3ccccc3F)CC[C@@H]21. The largest absolute Gasteiger partial charge is 0.366 e. The predicted octanol–water partition coefficient (Wildman–Crippen LogP) is 2.06. The molecule has 3 amide bonds. The number of nitrogens with one attached hydrogen (secondary N) is 2. The average molecular weight is 342 g/mol. The van der Waals surface area contributed by atoms with Crippen LogP contribution in [0.4, 0.5) is 9.18 Å². The van der Waals surface area contributed by atoms with E-state index in [1.165, 1.54) is 6.07 Å². The summed E-state index contributed by atoms with van der Waals surface area (Å²) in [6, 6.07) is 6.36. The van der Waals surface area contributed by atoms with Gasteiger partial charge in [0.05, 0.1) is 17.6 Å². The number of rotatable bonds is 2. The number of carbonyl (C=O) groups excluding carboxylic acids is 2. The van der Waals surface area contributed by atoms with Gasteiger partial charge >= 0.3 is 6.03 Å². The van der Waals surface area contributed by atoms with Gasteiger partial charge in [0.2, 0.25) is 0 Å². The minimum absolute atomic E-state index is 0.0638. The molecule has 0 spiro atoms. The average Bonchev–Trinajstić information content (AvgIpc) is 3.20. The first kappa shape index (κ1) is 15.7. The third-order valence-electron chi connectivity index (χ3n) is 5.13. The Morgan fingerprint density at radius 1 is 1.24 bits per heavy atom. The molecule has 6 nitrogen and oxygen atoms in total. The van der Waals surface area contributed by atoms with Crippen LogP contribution in [0, 0.1) is 5.82 Å². The molecule has 2 fully saturated rings. The molecule has 2 aliphatic rings. The summed E-state index contributed by atoms with van der Waals surface area (Å²) < 4.78 is 14.1. The molecular weight excluding hydrogens is 323 g/mol. The molecule has 0 unspecified atom stereocenters. The highest BCUT2D eigenvalue weighted by Crippen LogP contribution is 2.29. The normalized spacial score (nSPS) is 22.7. The quantitative estimate of drug-likeness (QED) is 0.877. The summed E-state index contributed by atoms with van der Waals surface area (Å²) in [5.41, 5.74) is 1.40. The minimum Gasteiger partial charge on any atom is -0.366 e. The van der Waals surface area contributed by atoms with Gasteiger partial charge in [0.1, 0.15) is 5.82 Å². The lowest BCUT2D eigenvalue weighted by atomic mass is 9.98. The summed E-state index contributed by atoms with van der Waals surface area (Å²) in [6.07, 6.45) is 3.98. The maximum atomic E-state index is 14.1. The number of halogens is 1. The van der Waals surface area contributed by atoms with Crippen molar-refractivity contribution in [2.45, 2.75) is 18.5 Å². The Kier molecular flexibility index (Phi) is 3.71. The molecule has 7 heteroatoms. The molecule has 4 rings (SSSR count). The number of nitrogens with zero attached hydrogens (tertiary/aromatic N) is 2. The molecular formula is C18H19FN4O2. The molecule has 130 valence electrons. The van der Waals surface area contributed by atoms with Crippen LogP contribution in [0.3, 0.4) is 0 Å². The van der Waals surface area contributed by atoms with Gasteiger partial charge in [0, 0.05) is 43.7 Å². The van der Waals surface area contributed by atoms with Crippen molar-refractivity contribution >= 4 is 11.9 Å². The molecule has 25 heavy (non-hydrogen) atoms. The van der Waals surface area contributed by atoms with Crippen molar-refractivity contribution in [1.82, 2.24) is 20.1 Å². The Bertz CT molecular complexity index is 834. The second-order valence-corrected chi connectivity index (χ2v) is 6.54. The van der Waals surface area contributed by atoms with Crippen molar-refractivity contribution in [1.29, 1.82) is 0 Å². The number of piperidine rings is 1. The van der Waals surface area contributed by atoms with Gasteiger partial charge in [-0.3, -0.25) is 4.79 Å². The van der Waals surface area contributed by atoms with Gasteiger partial charge in [-0.15, -0.1) is 0 Å². The summed E-state index contributed by atoms with van der Waals surface area (Å²) in [5, 5.41) is 2.92. The van der Waals surface area contributed by atoms with Crippen LogP contribution in [0.2, 0.25) is 0 Å². The standard InChI is InChI=1S/C18H19FN4O2/c1-22-16-6-7-23(10-15(16)21-18(22)25)17(24)13-9-20-8-12(13)11-4-2-3-5-14(11)19/h2-5,8-9,15-16,20H,6-7,10H2,1H3,(H,21,25)/t15-,16+/m1/s1. The van der Waals surface area contributed by atoms with Crippen molar-refractivity contribution < 1.29 is 14.0 Å². The van der Waals surface area contributed by atoms with Crippen LogP contribution in [-0.4, -0.2) is 58.9 Å². The third-order valence-corrected chi connectivity index (χ3v) is 5.13. The highest BCUT2D eigenvalue weighted by Gasteiger charge is 2.42. The Balaban J connectivity index is 1.58. The van der Waals surface area contributed by atoms with E-state index in [1.807, 2.05) is 0 Å². The molecule has 1 aromatic heterocycles. The number of hydrogen-bond donors (Lipinski definition) is 2. The smallest absolute Gasteiger partial charge is 0.317 e. The van der Waals surface area contributed by atoms with E-state index in [9.17, 15) is 14.0 Å². The fourth-order valence-electron chi connectivity index (χ4n) is 3.75. The Hall–Kier alpha value is -2.83. The molecule has 0 radical (unpaired) electrons. The zero-order chi connectivity index (χ0) is 17.6. The monoisotopic (exact) mass is 342 g/mol. The van der Waals surface area contributed by atoms with Crippen molar-refractivity contribution in [3.05, 3.63) is 48.0 Å². The fourth-order valence-corrected chi connectivity index (χ4v) is 3.75. The van der Waals surface area contributed by atoms with Crippen molar-refractivity contribution in [2.24, 2.45) is 0 Å². The van der Waals surface area contributed by atoms with Gasteiger partial charge in [0.15, 0.2) is 0 Å². The van der Waals surface area contributed by atoms with E-state index in [-0.39, 0.29) is 29.8 Å². The second kappa shape index (κ2) is 5.91. The molecule has 1 aromatic carbocycles. The summed E-state index contributed by atoms with van der Waals surface area (Å²) in [4.78, 5) is 31.1. The Labute approximate surface area is 144 Å². The minimum atomic E-state index is -0.362. The number of hydrogen-bond acceptors (Lipinski definition) is 2. The van der Waals surface area contributed by atoms with Gasteiger partial charge in [-0.1, -0.05) is 18.2 Å². The van der Waals surface area contributed by atoms with Crippen LogP contribution in [0.1, 0.15) is 16.8 Å². The van der Waals surface area contributed by atoms with Crippen molar-refractivity contribution in [3.8, 4) is 11.1 Å². The molecule has 2 saturated heterocycles. The first-order valence-electron chi connectivity index (χ1n) is 8.30. The van der Waals surface area contributed by atoms with Crippen molar-refractivity contribution in [2.75, 3.05) is 20.1 Å². The second-order valence-electron chi connectivity index (χ2n) is 6.54. The maximum Gasteiger partial charge on any atom is 0.317 e. The zero-order valence-corrected chi connectivity index (χ0v) is 13.8.